The van der Waals surface area contributed by atoms with Gasteiger partial charge in [-0.2, -0.15) is 4.98 Å². The molecule has 0 unspecified atom stereocenters. The fraction of sp³-hybridized carbons (Fsp3) is 0.231. The second-order valence-corrected chi connectivity index (χ2v) is 8.37. The smallest absolute Gasteiger partial charge is 0.256 e. The number of hydrogen-bond donors (Lipinski definition) is 2. The standard InChI is InChI=1S/C26H24F3N5O2/c1-15-14-16(27)9-10-17(15)23-18-11-12-22(36)34(24-19(28)6-5-7-20(24)29)25(18)33-26(32-23)31-13-4-2-3-8-21(30)35/h5-7,9-12,14H,2-4,8,13H2,1H3,(H2,30,35)(H,31,32,33). The highest BCUT2D eigenvalue weighted by Crippen LogP contribution is 2.31. The highest BCUT2D eigenvalue weighted by Gasteiger charge is 2.20. The van der Waals surface area contributed by atoms with Crippen molar-refractivity contribution in [2.75, 3.05) is 11.9 Å². The molecule has 0 aliphatic rings. The van der Waals surface area contributed by atoms with Crippen molar-refractivity contribution < 1.29 is 18.0 Å². The molecule has 0 aliphatic heterocycles. The number of aryl methyl sites for hydroxylation is 1. The maximum absolute atomic E-state index is 14.7. The van der Waals surface area contributed by atoms with Crippen molar-refractivity contribution in [2.24, 2.45) is 5.73 Å². The SMILES string of the molecule is Cc1cc(F)ccc1-c1nc(NCCCCCC(N)=O)nc2c1ccc(=O)n2-c1c(F)cccc1F. The molecule has 36 heavy (non-hydrogen) atoms. The van der Waals surface area contributed by atoms with Gasteiger partial charge >= 0.3 is 0 Å². The highest BCUT2D eigenvalue weighted by molar-refractivity contribution is 5.93. The van der Waals surface area contributed by atoms with Crippen molar-refractivity contribution in [3.8, 4) is 16.9 Å². The Kier molecular flexibility index (Phi) is 7.33. The summed E-state index contributed by atoms with van der Waals surface area (Å²) in [6.07, 6.45) is 2.35. The zero-order valence-corrected chi connectivity index (χ0v) is 19.5. The van der Waals surface area contributed by atoms with Gasteiger partial charge in [-0.25, -0.2) is 18.2 Å². The van der Waals surface area contributed by atoms with E-state index >= 15 is 0 Å². The summed E-state index contributed by atoms with van der Waals surface area (Å²) in [5, 5.41) is 3.44. The van der Waals surface area contributed by atoms with Crippen LogP contribution in [0.5, 0.6) is 0 Å². The minimum Gasteiger partial charge on any atom is -0.370 e. The highest BCUT2D eigenvalue weighted by atomic mass is 19.1. The summed E-state index contributed by atoms with van der Waals surface area (Å²) in [5.74, 6) is -2.50. The number of pyridine rings is 1. The predicted octanol–water partition coefficient (Wildman–Crippen LogP) is 4.63. The lowest BCUT2D eigenvalue weighted by molar-refractivity contribution is -0.118. The molecule has 0 saturated carbocycles. The molecule has 2 aromatic heterocycles. The third-order valence-corrected chi connectivity index (χ3v) is 5.74. The molecule has 186 valence electrons. The van der Waals surface area contributed by atoms with E-state index in [2.05, 4.69) is 15.3 Å². The van der Waals surface area contributed by atoms with Crippen LogP contribution in [0, 0.1) is 24.4 Å². The summed E-state index contributed by atoms with van der Waals surface area (Å²) in [5.41, 5.74) is 5.47. The second-order valence-electron chi connectivity index (χ2n) is 8.37. The number of amides is 1. The number of carbonyl (C=O) groups is 1. The van der Waals surface area contributed by atoms with Gasteiger partial charge in [0.2, 0.25) is 11.9 Å². The number of anilines is 1. The van der Waals surface area contributed by atoms with E-state index in [1.807, 2.05) is 0 Å². The van der Waals surface area contributed by atoms with Crippen LogP contribution in [0.3, 0.4) is 0 Å². The van der Waals surface area contributed by atoms with Crippen LogP contribution in [-0.4, -0.2) is 27.0 Å². The fourth-order valence-electron chi connectivity index (χ4n) is 4.01. The first-order valence-electron chi connectivity index (χ1n) is 11.4. The van der Waals surface area contributed by atoms with Gasteiger partial charge in [-0.05, 0) is 61.7 Å². The van der Waals surface area contributed by atoms with Gasteiger partial charge in [0.25, 0.3) is 5.56 Å². The summed E-state index contributed by atoms with van der Waals surface area (Å²) in [6, 6.07) is 10.2. The third-order valence-electron chi connectivity index (χ3n) is 5.74. The summed E-state index contributed by atoms with van der Waals surface area (Å²) in [7, 11) is 0. The minimum absolute atomic E-state index is 0.00328. The number of aromatic nitrogens is 3. The molecule has 0 radical (unpaired) electrons. The van der Waals surface area contributed by atoms with Crippen LogP contribution in [0.15, 0.2) is 53.3 Å². The molecule has 10 heteroatoms. The van der Waals surface area contributed by atoms with E-state index in [-0.39, 0.29) is 17.5 Å². The Morgan fingerprint density at radius 1 is 1.00 bits per heavy atom. The summed E-state index contributed by atoms with van der Waals surface area (Å²) < 4.78 is 44.1. The second kappa shape index (κ2) is 10.6. The molecular weight excluding hydrogens is 471 g/mol. The Morgan fingerprint density at radius 3 is 2.44 bits per heavy atom. The van der Waals surface area contributed by atoms with Crippen LogP contribution >= 0.6 is 0 Å². The molecule has 4 aromatic rings. The number of unbranched alkanes of at least 4 members (excludes halogenated alkanes) is 2. The first kappa shape index (κ1) is 24.9. The maximum atomic E-state index is 14.7. The number of nitrogens with zero attached hydrogens (tertiary/aromatic N) is 3. The van der Waals surface area contributed by atoms with Crippen molar-refractivity contribution >= 4 is 22.9 Å². The lowest BCUT2D eigenvalue weighted by Gasteiger charge is -2.16. The molecule has 3 N–H and O–H groups in total. The van der Waals surface area contributed by atoms with Gasteiger partial charge in [-0.15, -0.1) is 0 Å². The van der Waals surface area contributed by atoms with Crippen molar-refractivity contribution in [3.63, 3.8) is 0 Å². The van der Waals surface area contributed by atoms with E-state index in [0.717, 1.165) is 23.1 Å². The van der Waals surface area contributed by atoms with Crippen molar-refractivity contribution in [1.29, 1.82) is 0 Å². The van der Waals surface area contributed by atoms with Crippen molar-refractivity contribution in [3.05, 3.63) is 81.9 Å². The number of hydrogen-bond acceptors (Lipinski definition) is 5. The number of carbonyl (C=O) groups excluding carboxylic acids is 1. The Balaban J connectivity index is 1.86. The number of para-hydroxylation sites is 1. The quantitative estimate of drug-likeness (QED) is 0.330. The average molecular weight is 496 g/mol. The van der Waals surface area contributed by atoms with Gasteiger partial charge in [-0.3, -0.25) is 14.2 Å². The summed E-state index contributed by atoms with van der Waals surface area (Å²) in [6.45, 7) is 2.15. The molecule has 0 fully saturated rings. The lowest BCUT2D eigenvalue weighted by atomic mass is 10.0. The first-order valence-corrected chi connectivity index (χ1v) is 11.4. The number of halogens is 3. The molecule has 2 heterocycles. The average Bonchev–Trinajstić information content (AvgIpc) is 2.82. The molecule has 0 spiro atoms. The number of fused-ring (bicyclic) bond motifs is 1. The van der Waals surface area contributed by atoms with Gasteiger partial charge in [0, 0.05) is 30.0 Å². The number of primary amides is 1. The van der Waals surface area contributed by atoms with E-state index in [1.54, 1.807) is 13.0 Å². The molecule has 0 bridgehead atoms. The fourth-order valence-corrected chi connectivity index (χ4v) is 4.01. The number of benzene rings is 2. The van der Waals surface area contributed by atoms with Gasteiger partial charge in [0.05, 0.1) is 5.69 Å². The molecule has 0 atom stereocenters. The van der Waals surface area contributed by atoms with Crippen molar-refractivity contribution in [1.82, 2.24) is 14.5 Å². The zero-order valence-electron chi connectivity index (χ0n) is 19.5. The molecule has 1 amide bonds. The molecular formula is C26H24F3N5O2. The number of nitrogens with two attached hydrogens (primary N) is 1. The van der Waals surface area contributed by atoms with E-state index < -0.39 is 28.7 Å². The first-order chi connectivity index (χ1) is 17.3. The van der Waals surface area contributed by atoms with Gasteiger partial charge in [-0.1, -0.05) is 12.5 Å². The molecule has 4 rings (SSSR count). The van der Waals surface area contributed by atoms with Crippen molar-refractivity contribution in [2.45, 2.75) is 32.6 Å². The van der Waals surface area contributed by atoms with Crippen LogP contribution in [0.1, 0.15) is 31.2 Å². The number of rotatable bonds is 9. The number of nitrogens with one attached hydrogen (secondary N) is 1. The van der Waals surface area contributed by atoms with E-state index in [0.29, 0.717) is 48.0 Å². The monoisotopic (exact) mass is 495 g/mol. The Labute approximate surface area is 204 Å². The molecule has 0 saturated heterocycles. The Hall–Kier alpha value is -4.21. The third kappa shape index (κ3) is 5.22. The van der Waals surface area contributed by atoms with Gasteiger partial charge < -0.3 is 11.1 Å². The normalized spacial score (nSPS) is 11.1. The van der Waals surface area contributed by atoms with Crippen LogP contribution in [0.2, 0.25) is 0 Å². The predicted molar refractivity (Wildman–Crippen MR) is 131 cm³/mol. The van der Waals surface area contributed by atoms with E-state index in [1.165, 1.54) is 30.3 Å². The molecule has 7 nitrogen and oxygen atoms in total. The van der Waals surface area contributed by atoms with E-state index in [9.17, 15) is 22.8 Å². The summed E-state index contributed by atoms with van der Waals surface area (Å²) >= 11 is 0. The Bertz CT molecular complexity index is 1480. The van der Waals surface area contributed by atoms with Crippen LogP contribution in [0.25, 0.3) is 28.0 Å². The van der Waals surface area contributed by atoms with E-state index in [4.69, 9.17) is 5.73 Å². The minimum atomic E-state index is -0.924. The lowest BCUT2D eigenvalue weighted by Crippen LogP contribution is -2.21. The topological polar surface area (TPSA) is 103 Å². The zero-order chi connectivity index (χ0) is 25.8. The summed E-state index contributed by atoms with van der Waals surface area (Å²) in [4.78, 5) is 32.8. The molecule has 2 aromatic carbocycles. The van der Waals surface area contributed by atoms with Crippen LogP contribution < -0.4 is 16.6 Å². The van der Waals surface area contributed by atoms with Gasteiger partial charge in [0.1, 0.15) is 23.1 Å². The largest absolute Gasteiger partial charge is 0.370 e. The maximum Gasteiger partial charge on any atom is 0.256 e. The van der Waals surface area contributed by atoms with Gasteiger partial charge in [0.15, 0.2) is 5.65 Å². The Morgan fingerprint density at radius 2 is 1.75 bits per heavy atom. The molecule has 0 aliphatic carbocycles. The van der Waals surface area contributed by atoms with Crippen LogP contribution in [-0.2, 0) is 4.79 Å². The van der Waals surface area contributed by atoms with Crippen LogP contribution in [0.4, 0.5) is 19.1 Å².